The van der Waals surface area contributed by atoms with Gasteiger partial charge in [0.05, 0.1) is 23.0 Å². The van der Waals surface area contributed by atoms with E-state index in [4.69, 9.17) is 4.42 Å². The topological polar surface area (TPSA) is 47.2 Å². The molecule has 2 aromatic rings. The summed E-state index contributed by atoms with van der Waals surface area (Å²) < 4.78 is 7.88. The van der Waals surface area contributed by atoms with E-state index < -0.39 is 0 Å². The Balaban J connectivity index is 2.09. The number of nitrogens with one attached hydrogen (secondary N) is 1. The van der Waals surface area contributed by atoms with Gasteiger partial charge in [0.1, 0.15) is 5.76 Å². The Kier molecular flexibility index (Phi) is 3.68. The van der Waals surface area contributed by atoms with Crippen molar-refractivity contribution in [1.82, 2.24) is 4.57 Å². The predicted octanol–water partition coefficient (Wildman–Crippen LogP) is 2.84. The third-order valence-electron chi connectivity index (χ3n) is 2.47. The SMILES string of the molecule is CCn1cc(NCc2occc2Br)ccc1=O. The van der Waals surface area contributed by atoms with Crippen molar-refractivity contribution in [2.75, 3.05) is 5.32 Å². The lowest BCUT2D eigenvalue weighted by Gasteiger charge is -2.07. The molecule has 90 valence electrons. The highest BCUT2D eigenvalue weighted by Crippen LogP contribution is 2.18. The van der Waals surface area contributed by atoms with Crippen LogP contribution in [0.5, 0.6) is 0 Å². The van der Waals surface area contributed by atoms with Crippen LogP contribution in [-0.2, 0) is 13.1 Å². The average Bonchev–Trinajstić information content (AvgIpc) is 2.74. The van der Waals surface area contributed by atoms with Crippen LogP contribution in [0.25, 0.3) is 0 Å². The first kappa shape index (κ1) is 12.0. The number of hydrogen-bond acceptors (Lipinski definition) is 3. The van der Waals surface area contributed by atoms with E-state index in [9.17, 15) is 4.79 Å². The summed E-state index contributed by atoms with van der Waals surface area (Å²) in [6, 6.07) is 5.18. The third-order valence-corrected chi connectivity index (χ3v) is 3.17. The first-order chi connectivity index (χ1) is 8.20. The van der Waals surface area contributed by atoms with Gasteiger partial charge >= 0.3 is 0 Å². The van der Waals surface area contributed by atoms with E-state index in [0.717, 1.165) is 15.9 Å². The minimum atomic E-state index is 0.0113. The molecular weight excluding hydrogens is 284 g/mol. The lowest BCUT2D eigenvalue weighted by molar-refractivity contribution is 0.516. The van der Waals surface area contributed by atoms with Crippen LogP contribution in [-0.4, -0.2) is 4.57 Å². The second-order valence-electron chi connectivity index (χ2n) is 3.59. The number of hydrogen-bond donors (Lipinski definition) is 1. The Morgan fingerprint density at radius 3 is 2.88 bits per heavy atom. The average molecular weight is 297 g/mol. The molecule has 0 atom stereocenters. The first-order valence-electron chi connectivity index (χ1n) is 5.37. The number of halogens is 1. The quantitative estimate of drug-likeness (QED) is 0.944. The standard InChI is InChI=1S/C12H13BrN2O2/c1-2-15-8-9(3-4-12(15)16)14-7-11-10(13)5-6-17-11/h3-6,8,14H,2,7H2,1H3. The van der Waals surface area contributed by atoms with Gasteiger partial charge in [0.2, 0.25) is 0 Å². The molecule has 0 spiro atoms. The molecule has 0 saturated carbocycles. The van der Waals surface area contributed by atoms with Crippen molar-refractivity contribution < 1.29 is 4.42 Å². The number of aryl methyl sites for hydroxylation is 1. The summed E-state index contributed by atoms with van der Waals surface area (Å²) in [5.74, 6) is 0.833. The summed E-state index contributed by atoms with van der Waals surface area (Å²) in [5, 5.41) is 3.21. The number of anilines is 1. The van der Waals surface area contributed by atoms with Gasteiger partial charge in [-0.25, -0.2) is 0 Å². The monoisotopic (exact) mass is 296 g/mol. The molecule has 1 N–H and O–H groups in total. The highest BCUT2D eigenvalue weighted by Gasteiger charge is 2.03. The predicted molar refractivity (Wildman–Crippen MR) is 70.1 cm³/mol. The van der Waals surface area contributed by atoms with E-state index in [0.29, 0.717) is 13.1 Å². The zero-order chi connectivity index (χ0) is 12.3. The van der Waals surface area contributed by atoms with Gasteiger partial charge in [-0.3, -0.25) is 4.79 Å². The highest BCUT2D eigenvalue weighted by molar-refractivity contribution is 9.10. The molecule has 2 rings (SSSR count). The molecule has 0 aliphatic rings. The smallest absolute Gasteiger partial charge is 0.250 e. The summed E-state index contributed by atoms with van der Waals surface area (Å²) in [6.07, 6.45) is 3.44. The van der Waals surface area contributed by atoms with Gasteiger partial charge in [0.25, 0.3) is 5.56 Å². The Hall–Kier alpha value is -1.49. The molecule has 2 heterocycles. The number of nitrogens with zero attached hydrogens (tertiary/aromatic N) is 1. The molecule has 0 aliphatic heterocycles. The molecular formula is C12H13BrN2O2. The lowest BCUT2D eigenvalue weighted by Crippen LogP contribution is -2.17. The lowest BCUT2D eigenvalue weighted by atomic mass is 10.3. The van der Waals surface area contributed by atoms with Gasteiger partial charge in [-0.05, 0) is 35.0 Å². The number of pyridine rings is 1. The van der Waals surface area contributed by atoms with E-state index in [1.54, 1.807) is 29.2 Å². The molecule has 0 aromatic carbocycles. The highest BCUT2D eigenvalue weighted by atomic mass is 79.9. The Morgan fingerprint density at radius 2 is 2.24 bits per heavy atom. The number of rotatable bonds is 4. The summed E-state index contributed by atoms with van der Waals surface area (Å²) >= 11 is 3.39. The molecule has 0 amide bonds. The molecule has 2 aromatic heterocycles. The van der Waals surface area contributed by atoms with E-state index in [1.165, 1.54) is 0 Å². The maximum Gasteiger partial charge on any atom is 0.250 e. The summed E-state index contributed by atoms with van der Waals surface area (Å²) in [6.45, 7) is 3.18. The van der Waals surface area contributed by atoms with Gasteiger partial charge < -0.3 is 14.3 Å². The molecule has 0 unspecified atom stereocenters. The van der Waals surface area contributed by atoms with Gasteiger partial charge in [-0.2, -0.15) is 0 Å². The van der Waals surface area contributed by atoms with Crippen molar-refractivity contribution in [3.05, 3.63) is 51.2 Å². The second-order valence-corrected chi connectivity index (χ2v) is 4.44. The zero-order valence-electron chi connectivity index (χ0n) is 9.44. The van der Waals surface area contributed by atoms with Crippen molar-refractivity contribution >= 4 is 21.6 Å². The fourth-order valence-electron chi connectivity index (χ4n) is 1.52. The molecule has 5 heteroatoms. The van der Waals surface area contributed by atoms with Crippen LogP contribution in [0.2, 0.25) is 0 Å². The first-order valence-corrected chi connectivity index (χ1v) is 6.16. The van der Waals surface area contributed by atoms with Crippen LogP contribution >= 0.6 is 15.9 Å². The summed E-state index contributed by atoms with van der Waals surface area (Å²) in [7, 11) is 0. The molecule has 0 fully saturated rings. The van der Waals surface area contributed by atoms with E-state index in [2.05, 4.69) is 21.2 Å². The molecule has 0 bridgehead atoms. The molecule has 4 nitrogen and oxygen atoms in total. The Morgan fingerprint density at radius 1 is 1.41 bits per heavy atom. The van der Waals surface area contributed by atoms with Crippen molar-refractivity contribution in [3.63, 3.8) is 0 Å². The largest absolute Gasteiger partial charge is 0.466 e. The van der Waals surface area contributed by atoms with Crippen LogP contribution in [0.3, 0.4) is 0 Å². The molecule has 0 aliphatic carbocycles. The van der Waals surface area contributed by atoms with Crippen molar-refractivity contribution in [3.8, 4) is 0 Å². The third kappa shape index (κ3) is 2.79. The molecule has 0 radical (unpaired) electrons. The van der Waals surface area contributed by atoms with Crippen molar-refractivity contribution in [1.29, 1.82) is 0 Å². The zero-order valence-corrected chi connectivity index (χ0v) is 11.0. The maximum absolute atomic E-state index is 11.4. The normalized spacial score (nSPS) is 10.5. The number of aromatic nitrogens is 1. The van der Waals surface area contributed by atoms with Gasteiger partial charge in [-0.15, -0.1) is 0 Å². The minimum absolute atomic E-state index is 0.0113. The van der Waals surface area contributed by atoms with Crippen LogP contribution in [0.15, 0.2) is 44.3 Å². The number of furan rings is 1. The van der Waals surface area contributed by atoms with E-state index >= 15 is 0 Å². The van der Waals surface area contributed by atoms with Gasteiger partial charge in [0, 0.05) is 18.8 Å². The van der Waals surface area contributed by atoms with Crippen molar-refractivity contribution in [2.45, 2.75) is 20.0 Å². The summed E-state index contributed by atoms with van der Waals surface area (Å²) in [4.78, 5) is 11.4. The molecule has 0 saturated heterocycles. The maximum atomic E-state index is 11.4. The summed E-state index contributed by atoms with van der Waals surface area (Å²) in [5.41, 5.74) is 0.909. The van der Waals surface area contributed by atoms with Crippen LogP contribution < -0.4 is 10.9 Å². The Bertz CT molecular complexity index is 560. The minimum Gasteiger partial charge on any atom is -0.466 e. The Labute approximate surface area is 107 Å². The van der Waals surface area contributed by atoms with E-state index in [-0.39, 0.29) is 5.56 Å². The fraction of sp³-hybridized carbons (Fsp3) is 0.250. The van der Waals surface area contributed by atoms with Crippen LogP contribution in [0.4, 0.5) is 5.69 Å². The van der Waals surface area contributed by atoms with Crippen molar-refractivity contribution in [2.24, 2.45) is 0 Å². The van der Waals surface area contributed by atoms with Gasteiger partial charge in [-0.1, -0.05) is 0 Å². The van der Waals surface area contributed by atoms with E-state index in [1.807, 2.05) is 13.0 Å². The molecule has 17 heavy (non-hydrogen) atoms. The second kappa shape index (κ2) is 5.23. The van der Waals surface area contributed by atoms with Crippen LogP contribution in [0, 0.1) is 0 Å². The van der Waals surface area contributed by atoms with Crippen LogP contribution in [0.1, 0.15) is 12.7 Å². The fourth-order valence-corrected chi connectivity index (χ4v) is 1.86. The van der Waals surface area contributed by atoms with Gasteiger partial charge in [0.15, 0.2) is 0 Å².